The van der Waals surface area contributed by atoms with E-state index in [4.69, 9.17) is 0 Å². The van der Waals surface area contributed by atoms with E-state index in [0.717, 1.165) is 0 Å². The summed E-state index contributed by atoms with van der Waals surface area (Å²) < 4.78 is 0. The summed E-state index contributed by atoms with van der Waals surface area (Å²) in [7, 11) is 0. The summed E-state index contributed by atoms with van der Waals surface area (Å²) in [5.41, 5.74) is 19.0. The zero-order valence-electron chi connectivity index (χ0n) is 29.3. The highest BCUT2D eigenvalue weighted by Gasteiger charge is 2.44. The maximum absolute atomic E-state index is 2.56. The third kappa shape index (κ3) is 4.58. The number of para-hydroxylation sites is 1. The zero-order valence-corrected chi connectivity index (χ0v) is 29.3. The van der Waals surface area contributed by atoms with Crippen molar-refractivity contribution in [3.8, 4) is 33.4 Å². The highest BCUT2D eigenvalue weighted by Crippen LogP contribution is 2.57. The number of hydrogen-bond donors (Lipinski definition) is 0. The van der Waals surface area contributed by atoms with Gasteiger partial charge < -0.3 is 4.90 Å². The van der Waals surface area contributed by atoms with E-state index in [1.54, 1.807) is 0 Å². The van der Waals surface area contributed by atoms with Crippen LogP contribution in [0.15, 0.2) is 133 Å². The average molecular weight is 636 g/mol. The van der Waals surface area contributed by atoms with Crippen LogP contribution in [0.1, 0.15) is 93.5 Å². The van der Waals surface area contributed by atoms with Crippen molar-refractivity contribution in [3.63, 3.8) is 0 Å². The van der Waals surface area contributed by atoms with Crippen LogP contribution >= 0.6 is 0 Å². The molecule has 0 radical (unpaired) electrons. The van der Waals surface area contributed by atoms with Crippen LogP contribution < -0.4 is 4.90 Å². The first-order valence-electron chi connectivity index (χ1n) is 18.4. The maximum atomic E-state index is 2.56. The molecule has 0 N–H and O–H groups in total. The average Bonchev–Trinajstić information content (AvgIpc) is 3.53. The van der Waals surface area contributed by atoms with E-state index in [1.807, 2.05) is 0 Å². The normalized spacial score (nSPS) is 16.3. The lowest BCUT2D eigenvalue weighted by Crippen LogP contribution is -2.28. The lowest BCUT2D eigenvalue weighted by Gasteiger charge is -2.37. The molecule has 0 aromatic heterocycles. The molecule has 0 amide bonds. The Morgan fingerprint density at radius 1 is 0.490 bits per heavy atom. The molecular formula is C48H45N. The smallest absolute Gasteiger partial charge is 0.0540 e. The van der Waals surface area contributed by atoms with E-state index in [2.05, 4.69) is 166 Å². The van der Waals surface area contributed by atoms with E-state index in [1.165, 1.54) is 110 Å². The number of benzene rings is 6. The molecule has 0 heterocycles. The van der Waals surface area contributed by atoms with Crippen molar-refractivity contribution in [1.82, 2.24) is 0 Å². The molecule has 0 saturated heterocycles. The van der Waals surface area contributed by atoms with Crippen molar-refractivity contribution < 1.29 is 0 Å². The summed E-state index contributed by atoms with van der Waals surface area (Å²) in [5, 5.41) is 0. The summed E-state index contributed by atoms with van der Waals surface area (Å²) in [6, 6.07) is 51.0. The van der Waals surface area contributed by atoms with E-state index < -0.39 is 0 Å². The van der Waals surface area contributed by atoms with Crippen LogP contribution in [0.2, 0.25) is 0 Å². The van der Waals surface area contributed by atoms with Gasteiger partial charge in [0.05, 0.1) is 5.69 Å². The fraction of sp³-hybridized carbons (Fsp3) is 0.250. The Bertz CT molecular complexity index is 2210. The minimum Gasteiger partial charge on any atom is -0.310 e. The SMILES string of the molecule is CC(C)c1ccc(-c2ccccc2N(c2ccc3c(c2)C(C)(C)c2ccccc2-3)c2ccc3c(c2)C2(CCCCC2)c2ccccc2-3)cc1. The van der Waals surface area contributed by atoms with Gasteiger partial charge >= 0.3 is 0 Å². The number of anilines is 3. The van der Waals surface area contributed by atoms with Crippen molar-refractivity contribution in [2.24, 2.45) is 0 Å². The van der Waals surface area contributed by atoms with Gasteiger partial charge in [0.15, 0.2) is 0 Å². The Hall–Kier alpha value is -4.88. The van der Waals surface area contributed by atoms with Gasteiger partial charge in [-0.2, -0.15) is 0 Å². The molecule has 1 heteroatoms. The first kappa shape index (κ1) is 30.2. The monoisotopic (exact) mass is 635 g/mol. The minimum atomic E-state index is -0.0778. The first-order chi connectivity index (χ1) is 23.9. The molecular weight excluding hydrogens is 591 g/mol. The summed E-state index contributed by atoms with van der Waals surface area (Å²) >= 11 is 0. The van der Waals surface area contributed by atoms with Gasteiger partial charge in [-0.1, -0.05) is 150 Å². The Morgan fingerprint density at radius 2 is 1.02 bits per heavy atom. The maximum Gasteiger partial charge on any atom is 0.0540 e. The molecule has 9 rings (SSSR count). The Labute approximate surface area is 292 Å². The minimum absolute atomic E-state index is 0.0778. The van der Waals surface area contributed by atoms with Crippen LogP contribution in [0.5, 0.6) is 0 Å². The third-order valence-corrected chi connectivity index (χ3v) is 12.1. The molecule has 1 nitrogen and oxygen atoms in total. The molecule has 1 spiro atoms. The molecule has 242 valence electrons. The number of nitrogens with zero attached hydrogens (tertiary/aromatic N) is 1. The lowest BCUT2D eigenvalue weighted by atomic mass is 9.68. The number of hydrogen-bond acceptors (Lipinski definition) is 1. The van der Waals surface area contributed by atoms with Gasteiger partial charge in [-0.3, -0.25) is 0 Å². The van der Waals surface area contributed by atoms with Gasteiger partial charge in [0.25, 0.3) is 0 Å². The van der Waals surface area contributed by atoms with E-state index >= 15 is 0 Å². The number of rotatable bonds is 5. The van der Waals surface area contributed by atoms with Crippen molar-refractivity contribution >= 4 is 17.1 Å². The highest BCUT2D eigenvalue weighted by atomic mass is 15.1. The summed E-state index contributed by atoms with van der Waals surface area (Å²) in [6.07, 6.45) is 6.37. The van der Waals surface area contributed by atoms with Crippen molar-refractivity contribution in [1.29, 1.82) is 0 Å². The second-order valence-corrected chi connectivity index (χ2v) is 15.4. The largest absolute Gasteiger partial charge is 0.310 e. The van der Waals surface area contributed by atoms with E-state index in [0.29, 0.717) is 5.92 Å². The van der Waals surface area contributed by atoms with Gasteiger partial charge in [-0.15, -0.1) is 0 Å². The van der Waals surface area contributed by atoms with Crippen LogP contribution in [0.25, 0.3) is 33.4 Å². The van der Waals surface area contributed by atoms with Crippen LogP contribution in [0.4, 0.5) is 17.1 Å². The van der Waals surface area contributed by atoms with E-state index in [9.17, 15) is 0 Å². The predicted octanol–water partition coefficient (Wildman–Crippen LogP) is 13.5. The molecule has 0 aliphatic heterocycles. The fourth-order valence-corrected chi connectivity index (χ4v) is 9.50. The first-order valence-corrected chi connectivity index (χ1v) is 18.4. The molecule has 49 heavy (non-hydrogen) atoms. The fourth-order valence-electron chi connectivity index (χ4n) is 9.50. The van der Waals surface area contributed by atoms with Crippen molar-refractivity contribution in [2.45, 2.75) is 76.5 Å². The molecule has 3 aliphatic rings. The van der Waals surface area contributed by atoms with Crippen LogP contribution in [0, 0.1) is 0 Å². The van der Waals surface area contributed by atoms with Crippen molar-refractivity contribution in [2.75, 3.05) is 4.90 Å². The molecule has 0 unspecified atom stereocenters. The van der Waals surface area contributed by atoms with Gasteiger partial charge in [0.1, 0.15) is 0 Å². The second kappa shape index (κ2) is 11.3. The highest BCUT2D eigenvalue weighted by molar-refractivity contribution is 5.92. The zero-order chi connectivity index (χ0) is 33.3. The van der Waals surface area contributed by atoms with Gasteiger partial charge in [0.2, 0.25) is 0 Å². The van der Waals surface area contributed by atoms with Gasteiger partial charge in [-0.05, 0) is 105 Å². The van der Waals surface area contributed by atoms with Crippen LogP contribution in [0.3, 0.4) is 0 Å². The molecule has 0 atom stereocenters. The van der Waals surface area contributed by atoms with Gasteiger partial charge in [0, 0.05) is 27.8 Å². The summed E-state index contributed by atoms with van der Waals surface area (Å²) in [4.78, 5) is 2.55. The molecule has 3 aliphatic carbocycles. The molecule has 1 fully saturated rings. The predicted molar refractivity (Wildman–Crippen MR) is 208 cm³/mol. The van der Waals surface area contributed by atoms with Gasteiger partial charge in [-0.25, -0.2) is 0 Å². The lowest BCUT2D eigenvalue weighted by molar-refractivity contribution is 0.353. The second-order valence-electron chi connectivity index (χ2n) is 15.4. The Kier molecular flexibility index (Phi) is 6.99. The standard InChI is InChI=1S/C48H45N/c1-32(2)33-20-22-34(23-21-33)37-14-8-11-19-46(37)49(35-24-26-40-38-15-6-9-17-42(38)47(3,4)44(40)30-35)36-25-27-41-39-16-7-10-18-43(39)48(45(41)31-36)28-12-5-13-29-48/h6-11,14-27,30-32H,5,12-13,28-29H2,1-4H3. The third-order valence-electron chi connectivity index (χ3n) is 12.1. The summed E-state index contributed by atoms with van der Waals surface area (Å²) in [5.74, 6) is 0.502. The Morgan fingerprint density at radius 3 is 1.69 bits per heavy atom. The molecule has 6 aromatic carbocycles. The Balaban J connectivity index is 1.26. The molecule has 0 bridgehead atoms. The molecule has 6 aromatic rings. The molecule has 1 saturated carbocycles. The van der Waals surface area contributed by atoms with Crippen molar-refractivity contribution in [3.05, 3.63) is 161 Å². The van der Waals surface area contributed by atoms with Crippen LogP contribution in [-0.4, -0.2) is 0 Å². The topological polar surface area (TPSA) is 3.24 Å². The van der Waals surface area contributed by atoms with Crippen LogP contribution in [-0.2, 0) is 10.8 Å². The quantitative estimate of drug-likeness (QED) is 0.182. The summed E-state index contributed by atoms with van der Waals surface area (Å²) in [6.45, 7) is 9.30. The number of fused-ring (bicyclic) bond motifs is 8. The van der Waals surface area contributed by atoms with E-state index in [-0.39, 0.29) is 10.8 Å².